The van der Waals surface area contributed by atoms with Crippen molar-refractivity contribution in [2.75, 3.05) is 0 Å². The zero-order valence-electron chi connectivity index (χ0n) is 16.3. The molecule has 3 aromatic rings. The predicted molar refractivity (Wildman–Crippen MR) is 119 cm³/mol. The third kappa shape index (κ3) is 4.80. The van der Waals surface area contributed by atoms with Gasteiger partial charge in [-0.15, -0.1) is 0 Å². The van der Waals surface area contributed by atoms with E-state index < -0.39 is 15.4 Å². The lowest BCUT2D eigenvalue weighted by Crippen LogP contribution is -2.60. The first-order valence-corrected chi connectivity index (χ1v) is 12.0. The van der Waals surface area contributed by atoms with Crippen LogP contribution in [0, 0.1) is 0 Å². The molecule has 144 valence electrons. The first-order valence-electron chi connectivity index (χ1n) is 9.85. The van der Waals surface area contributed by atoms with Crippen molar-refractivity contribution in [1.29, 1.82) is 0 Å². The summed E-state index contributed by atoms with van der Waals surface area (Å²) in [6.07, 6.45) is 2.24. The molecule has 5 heteroatoms. The number of unbranched alkanes of at least 4 members (excludes halogenated alkanes) is 1. The van der Waals surface area contributed by atoms with Crippen LogP contribution in [0.25, 0.3) is 0 Å². The zero-order chi connectivity index (χ0) is 19.8. The lowest BCUT2D eigenvalue weighted by molar-refractivity contribution is 0.302. The molecule has 0 radical (unpaired) electrons. The van der Waals surface area contributed by atoms with Gasteiger partial charge in [0.05, 0.1) is 6.61 Å². The maximum absolute atomic E-state index is 9.30. The number of hydrogen-bond acceptors (Lipinski definition) is 3. The monoisotopic (exact) mass is 390 g/mol. The summed E-state index contributed by atoms with van der Waals surface area (Å²) < 4.78 is 6.80. The van der Waals surface area contributed by atoms with Gasteiger partial charge in [0.1, 0.15) is 0 Å². The molecule has 0 unspecified atom stereocenters. The minimum atomic E-state index is -2.39. The predicted octanol–water partition coefficient (Wildman–Crippen LogP) is 2.44. The van der Waals surface area contributed by atoms with Crippen LogP contribution >= 0.6 is 0 Å². The summed E-state index contributed by atoms with van der Waals surface area (Å²) in [6, 6.07) is 29.6. The summed E-state index contributed by atoms with van der Waals surface area (Å²) in [5.41, 5.74) is 1.52. The van der Waals surface area contributed by atoms with Gasteiger partial charge in [0.2, 0.25) is 0 Å². The molecular formula is C23H27BO3Si. The molecule has 0 aliphatic heterocycles. The summed E-state index contributed by atoms with van der Waals surface area (Å²) in [5, 5.41) is 21.2. The SMILES string of the molecule is CCCC[Si](OCc1ccc(B(O)O)cc1)(c1ccccc1)c1ccccc1. The van der Waals surface area contributed by atoms with Crippen LogP contribution in [0.2, 0.25) is 6.04 Å². The molecule has 0 aliphatic rings. The van der Waals surface area contributed by atoms with Crippen LogP contribution in [-0.4, -0.2) is 25.5 Å². The van der Waals surface area contributed by atoms with Gasteiger partial charge in [0.15, 0.2) is 0 Å². The van der Waals surface area contributed by atoms with Crippen LogP contribution in [0.4, 0.5) is 0 Å². The van der Waals surface area contributed by atoms with E-state index in [1.807, 2.05) is 24.3 Å². The fourth-order valence-electron chi connectivity index (χ4n) is 3.53. The number of benzene rings is 3. The summed E-state index contributed by atoms with van der Waals surface area (Å²) in [6.45, 7) is 2.72. The first kappa shape index (κ1) is 20.6. The smallest absolute Gasteiger partial charge is 0.423 e. The lowest BCUT2D eigenvalue weighted by atomic mass is 9.80. The Kier molecular flexibility index (Phi) is 7.23. The van der Waals surface area contributed by atoms with Gasteiger partial charge in [-0.2, -0.15) is 0 Å². The molecule has 0 saturated carbocycles. The van der Waals surface area contributed by atoms with E-state index in [1.54, 1.807) is 12.1 Å². The van der Waals surface area contributed by atoms with E-state index in [9.17, 15) is 10.0 Å². The Hall–Kier alpha value is -2.18. The second-order valence-corrected chi connectivity index (χ2v) is 10.7. The van der Waals surface area contributed by atoms with E-state index in [0.29, 0.717) is 12.1 Å². The van der Waals surface area contributed by atoms with Crippen LogP contribution < -0.4 is 15.8 Å². The van der Waals surface area contributed by atoms with Gasteiger partial charge in [-0.25, -0.2) is 0 Å². The summed E-state index contributed by atoms with van der Waals surface area (Å²) in [5.74, 6) is 0. The Labute approximate surface area is 168 Å². The van der Waals surface area contributed by atoms with Crippen molar-refractivity contribution in [3.05, 3.63) is 90.5 Å². The molecule has 0 aromatic heterocycles. The van der Waals surface area contributed by atoms with Crippen molar-refractivity contribution in [2.24, 2.45) is 0 Å². The highest BCUT2D eigenvalue weighted by Crippen LogP contribution is 2.19. The molecule has 3 aromatic carbocycles. The van der Waals surface area contributed by atoms with Crippen molar-refractivity contribution in [1.82, 2.24) is 0 Å². The van der Waals surface area contributed by atoms with E-state index in [1.165, 1.54) is 10.4 Å². The molecule has 0 spiro atoms. The third-order valence-corrected chi connectivity index (χ3v) is 9.35. The molecule has 28 heavy (non-hydrogen) atoms. The second-order valence-electron chi connectivity index (χ2n) is 7.07. The van der Waals surface area contributed by atoms with Crippen LogP contribution in [0.1, 0.15) is 25.3 Å². The minimum absolute atomic E-state index is 0.490. The molecule has 3 rings (SSSR count). The minimum Gasteiger partial charge on any atom is -0.423 e. The standard InChI is InChI=1S/C23H27BO3Si/c1-2-3-18-28(22-10-6-4-7-11-22,23-12-8-5-9-13-23)27-19-20-14-16-21(17-15-20)24(25)26/h4-17,25-26H,2-3,18-19H2,1H3. The normalized spacial score (nSPS) is 11.4. The van der Waals surface area contributed by atoms with Gasteiger partial charge in [0, 0.05) is 0 Å². The molecular weight excluding hydrogens is 363 g/mol. The topological polar surface area (TPSA) is 49.7 Å². The van der Waals surface area contributed by atoms with Crippen LogP contribution in [0.3, 0.4) is 0 Å². The Morgan fingerprint density at radius 1 is 0.786 bits per heavy atom. The molecule has 0 fully saturated rings. The van der Waals surface area contributed by atoms with Gasteiger partial charge >= 0.3 is 7.12 Å². The van der Waals surface area contributed by atoms with Gasteiger partial charge in [-0.1, -0.05) is 105 Å². The van der Waals surface area contributed by atoms with E-state index >= 15 is 0 Å². The maximum atomic E-state index is 9.30. The van der Waals surface area contributed by atoms with Crippen molar-refractivity contribution in [3.8, 4) is 0 Å². The Bertz CT molecular complexity index is 799. The molecule has 0 bridgehead atoms. The molecule has 3 nitrogen and oxygen atoms in total. The van der Waals surface area contributed by atoms with Crippen molar-refractivity contribution in [2.45, 2.75) is 32.4 Å². The maximum Gasteiger partial charge on any atom is 0.488 e. The van der Waals surface area contributed by atoms with Gasteiger partial charge in [-0.3, -0.25) is 0 Å². The summed E-state index contributed by atoms with van der Waals surface area (Å²) in [4.78, 5) is 0. The van der Waals surface area contributed by atoms with Crippen LogP contribution in [0.15, 0.2) is 84.9 Å². The van der Waals surface area contributed by atoms with Crippen LogP contribution in [-0.2, 0) is 11.0 Å². The van der Waals surface area contributed by atoms with Gasteiger partial charge in [0.25, 0.3) is 8.32 Å². The highest BCUT2D eigenvalue weighted by atomic mass is 28.4. The lowest BCUT2D eigenvalue weighted by Gasteiger charge is -2.33. The highest BCUT2D eigenvalue weighted by molar-refractivity contribution is 6.97. The fraction of sp³-hybridized carbons (Fsp3) is 0.217. The molecule has 0 atom stereocenters. The highest BCUT2D eigenvalue weighted by Gasteiger charge is 2.38. The van der Waals surface area contributed by atoms with Crippen molar-refractivity contribution in [3.63, 3.8) is 0 Å². The first-order chi connectivity index (χ1) is 13.7. The average molecular weight is 390 g/mol. The molecule has 0 amide bonds. The summed E-state index contributed by atoms with van der Waals surface area (Å²) in [7, 11) is -3.83. The Morgan fingerprint density at radius 2 is 1.32 bits per heavy atom. The van der Waals surface area contributed by atoms with E-state index in [2.05, 4.69) is 55.5 Å². The quantitative estimate of drug-likeness (QED) is 0.552. The number of hydrogen-bond donors (Lipinski definition) is 2. The second kappa shape index (κ2) is 9.85. The largest absolute Gasteiger partial charge is 0.488 e. The van der Waals surface area contributed by atoms with Crippen LogP contribution in [0.5, 0.6) is 0 Å². The Balaban J connectivity index is 1.95. The fourth-order valence-corrected chi connectivity index (χ4v) is 7.64. The van der Waals surface area contributed by atoms with E-state index in [-0.39, 0.29) is 0 Å². The van der Waals surface area contributed by atoms with E-state index in [0.717, 1.165) is 24.4 Å². The average Bonchev–Trinajstić information content (AvgIpc) is 2.76. The molecule has 0 saturated heterocycles. The molecule has 0 aliphatic carbocycles. The van der Waals surface area contributed by atoms with Gasteiger partial charge in [-0.05, 0) is 27.4 Å². The molecule has 2 N–H and O–H groups in total. The van der Waals surface area contributed by atoms with Gasteiger partial charge < -0.3 is 14.5 Å². The Morgan fingerprint density at radius 3 is 1.79 bits per heavy atom. The van der Waals surface area contributed by atoms with Crippen molar-refractivity contribution < 1.29 is 14.5 Å². The van der Waals surface area contributed by atoms with Crippen molar-refractivity contribution >= 4 is 31.3 Å². The van der Waals surface area contributed by atoms with E-state index in [4.69, 9.17) is 4.43 Å². The third-order valence-electron chi connectivity index (χ3n) is 5.13. The zero-order valence-corrected chi connectivity index (χ0v) is 17.3. The number of rotatable bonds is 9. The molecule has 0 heterocycles. The summed E-state index contributed by atoms with van der Waals surface area (Å²) >= 11 is 0.